The summed E-state index contributed by atoms with van der Waals surface area (Å²) >= 11 is 6.22. The van der Waals surface area contributed by atoms with Crippen LogP contribution in [0.4, 0.5) is 0 Å². The second-order valence-corrected chi connectivity index (χ2v) is 5.09. The number of nitrogens with zero attached hydrogens (tertiary/aromatic N) is 2. The van der Waals surface area contributed by atoms with Gasteiger partial charge in [0.25, 0.3) is 0 Å². The molecule has 0 aliphatic heterocycles. The van der Waals surface area contributed by atoms with Crippen LogP contribution in [0, 0.1) is 5.92 Å². The second-order valence-electron chi connectivity index (χ2n) is 4.71. The van der Waals surface area contributed by atoms with Crippen LogP contribution in [-0.2, 0) is 24.2 Å². The number of ketones is 1. The quantitative estimate of drug-likeness (QED) is 0.864. The van der Waals surface area contributed by atoms with Gasteiger partial charge in [0.05, 0.1) is 22.8 Å². The van der Waals surface area contributed by atoms with Gasteiger partial charge in [-0.3, -0.25) is 9.48 Å². The van der Waals surface area contributed by atoms with Gasteiger partial charge in [0.2, 0.25) is 0 Å². The van der Waals surface area contributed by atoms with Crippen molar-refractivity contribution in [1.29, 1.82) is 0 Å². The number of carbonyl (C=O) groups excluding carboxylic acids is 1. The Morgan fingerprint density at radius 3 is 2.50 bits per heavy atom. The van der Waals surface area contributed by atoms with Crippen LogP contribution in [0.3, 0.4) is 0 Å². The first-order valence-electron chi connectivity index (χ1n) is 6.37. The highest BCUT2D eigenvalue weighted by Gasteiger charge is 2.23. The molecule has 0 aliphatic rings. The molecule has 0 radical (unpaired) electrons. The van der Waals surface area contributed by atoms with E-state index < -0.39 is 6.10 Å². The second kappa shape index (κ2) is 6.34. The number of aryl methyl sites for hydroxylation is 2. The maximum Gasteiger partial charge on any atom is 0.167 e. The Bertz CT molecular complexity index is 427. The summed E-state index contributed by atoms with van der Waals surface area (Å²) < 4.78 is 1.74. The summed E-state index contributed by atoms with van der Waals surface area (Å²) in [6.07, 6.45) is -0.0648. The van der Waals surface area contributed by atoms with E-state index in [-0.39, 0.29) is 18.1 Å². The number of rotatable bonds is 6. The highest BCUT2D eigenvalue weighted by atomic mass is 35.5. The Morgan fingerprint density at radius 2 is 2.06 bits per heavy atom. The lowest BCUT2D eigenvalue weighted by Crippen LogP contribution is -2.28. The van der Waals surface area contributed by atoms with E-state index in [1.807, 2.05) is 27.7 Å². The minimum atomic E-state index is -0.939. The van der Waals surface area contributed by atoms with Crippen LogP contribution < -0.4 is 0 Å². The highest BCUT2D eigenvalue weighted by Crippen LogP contribution is 2.23. The maximum atomic E-state index is 11.9. The Hall–Kier alpha value is -0.870. The number of Topliss-reactive ketones (excluding diaryl/α,β-unsaturated/α-hetero) is 1. The minimum Gasteiger partial charge on any atom is -0.385 e. The third kappa shape index (κ3) is 3.12. The molecule has 4 nitrogen and oxygen atoms in total. The standard InChI is InChI=1S/C13H21ClN2O2/c1-5-9-12(14)10(16(6-2)15-9)7-11(17)13(18)8(3)4/h8,13,18H,5-7H2,1-4H3. The van der Waals surface area contributed by atoms with Crippen molar-refractivity contribution in [2.75, 3.05) is 0 Å². The fraction of sp³-hybridized carbons (Fsp3) is 0.692. The van der Waals surface area contributed by atoms with Crippen molar-refractivity contribution in [3.05, 3.63) is 16.4 Å². The SMILES string of the molecule is CCc1nn(CC)c(CC(=O)C(O)C(C)C)c1Cl. The molecule has 102 valence electrons. The molecule has 1 unspecified atom stereocenters. The number of hydrogen-bond acceptors (Lipinski definition) is 3. The Balaban J connectivity index is 2.96. The van der Waals surface area contributed by atoms with Crippen LogP contribution in [-0.4, -0.2) is 26.8 Å². The lowest BCUT2D eigenvalue weighted by molar-refractivity contribution is -0.128. The first kappa shape index (κ1) is 15.2. The van der Waals surface area contributed by atoms with E-state index in [4.69, 9.17) is 11.6 Å². The van der Waals surface area contributed by atoms with Crippen molar-refractivity contribution < 1.29 is 9.90 Å². The third-order valence-corrected chi connectivity index (χ3v) is 3.43. The van der Waals surface area contributed by atoms with Gasteiger partial charge >= 0.3 is 0 Å². The van der Waals surface area contributed by atoms with E-state index in [2.05, 4.69) is 5.10 Å². The first-order chi connectivity index (χ1) is 8.42. The summed E-state index contributed by atoms with van der Waals surface area (Å²) in [5.41, 5.74) is 1.51. The van der Waals surface area contributed by atoms with Crippen LogP contribution >= 0.6 is 11.6 Å². The van der Waals surface area contributed by atoms with Gasteiger partial charge in [0.1, 0.15) is 6.10 Å². The molecule has 0 saturated heterocycles. The van der Waals surface area contributed by atoms with Crippen molar-refractivity contribution in [2.45, 2.75) is 53.2 Å². The van der Waals surface area contributed by atoms with Gasteiger partial charge in [-0.1, -0.05) is 32.4 Å². The smallest absolute Gasteiger partial charge is 0.167 e. The van der Waals surface area contributed by atoms with Gasteiger partial charge in [0, 0.05) is 6.54 Å². The Morgan fingerprint density at radius 1 is 1.44 bits per heavy atom. The summed E-state index contributed by atoms with van der Waals surface area (Å²) in [6.45, 7) is 8.23. The monoisotopic (exact) mass is 272 g/mol. The summed E-state index contributed by atoms with van der Waals surface area (Å²) in [5, 5.41) is 14.7. The lowest BCUT2D eigenvalue weighted by atomic mass is 10.00. The predicted molar refractivity (Wildman–Crippen MR) is 71.8 cm³/mol. The van der Waals surface area contributed by atoms with Crippen molar-refractivity contribution in [1.82, 2.24) is 9.78 Å². The molecule has 1 aromatic rings. The zero-order valence-electron chi connectivity index (χ0n) is 11.4. The number of carbonyl (C=O) groups is 1. The number of aromatic nitrogens is 2. The van der Waals surface area contributed by atoms with Crippen LogP contribution in [0.2, 0.25) is 5.02 Å². The molecule has 1 aromatic heterocycles. The molecule has 1 N–H and O–H groups in total. The number of hydrogen-bond donors (Lipinski definition) is 1. The van der Waals surface area contributed by atoms with E-state index in [9.17, 15) is 9.90 Å². The van der Waals surface area contributed by atoms with Gasteiger partial charge < -0.3 is 5.11 Å². The molecule has 0 saturated carbocycles. The van der Waals surface area contributed by atoms with Crippen molar-refractivity contribution in [3.63, 3.8) is 0 Å². The largest absolute Gasteiger partial charge is 0.385 e. The predicted octanol–water partition coefficient (Wildman–Crippen LogP) is 2.25. The number of halogens is 1. The van der Waals surface area contributed by atoms with Gasteiger partial charge in [-0.2, -0.15) is 5.10 Å². The summed E-state index contributed by atoms with van der Waals surface area (Å²) in [6, 6.07) is 0. The van der Waals surface area contributed by atoms with Gasteiger partial charge in [-0.25, -0.2) is 0 Å². The molecule has 1 heterocycles. The molecule has 18 heavy (non-hydrogen) atoms. The summed E-state index contributed by atoms with van der Waals surface area (Å²) in [4.78, 5) is 11.9. The molecule has 0 fully saturated rings. The van der Waals surface area contributed by atoms with Gasteiger partial charge in [0.15, 0.2) is 5.78 Å². The highest BCUT2D eigenvalue weighted by molar-refractivity contribution is 6.32. The van der Waals surface area contributed by atoms with Crippen LogP contribution in [0.5, 0.6) is 0 Å². The zero-order valence-corrected chi connectivity index (χ0v) is 12.2. The molecule has 1 rings (SSSR count). The van der Waals surface area contributed by atoms with Gasteiger partial charge in [-0.05, 0) is 19.3 Å². The minimum absolute atomic E-state index is 0.0834. The Labute approximate surface area is 113 Å². The normalized spacial score (nSPS) is 13.1. The molecule has 0 spiro atoms. The molecule has 5 heteroatoms. The molecule has 1 atom stereocenters. The average molecular weight is 273 g/mol. The van der Waals surface area contributed by atoms with Crippen LogP contribution in [0.1, 0.15) is 39.1 Å². The van der Waals surface area contributed by atoms with Crippen molar-refractivity contribution in [2.24, 2.45) is 5.92 Å². The first-order valence-corrected chi connectivity index (χ1v) is 6.74. The van der Waals surface area contributed by atoms with Gasteiger partial charge in [-0.15, -0.1) is 0 Å². The van der Waals surface area contributed by atoms with Crippen molar-refractivity contribution in [3.8, 4) is 0 Å². The molecular weight excluding hydrogens is 252 g/mol. The lowest BCUT2D eigenvalue weighted by Gasteiger charge is -2.13. The fourth-order valence-corrected chi connectivity index (χ4v) is 2.16. The average Bonchev–Trinajstić information content (AvgIpc) is 2.65. The number of aliphatic hydroxyl groups is 1. The molecule has 0 aromatic carbocycles. The topological polar surface area (TPSA) is 55.1 Å². The Kier molecular flexibility index (Phi) is 5.35. The van der Waals surface area contributed by atoms with E-state index >= 15 is 0 Å². The van der Waals surface area contributed by atoms with E-state index in [1.54, 1.807) is 4.68 Å². The zero-order chi connectivity index (χ0) is 13.9. The van der Waals surface area contributed by atoms with E-state index in [0.717, 1.165) is 12.1 Å². The maximum absolute atomic E-state index is 11.9. The van der Waals surface area contributed by atoms with Crippen LogP contribution in [0.15, 0.2) is 0 Å². The summed E-state index contributed by atoms with van der Waals surface area (Å²) in [5.74, 6) is -0.288. The van der Waals surface area contributed by atoms with Crippen LogP contribution in [0.25, 0.3) is 0 Å². The molecule has 0 bridgehead atoms. The van der Waals surface area contributed by atoms with Crippen molar-refractivity contribution >= 4 is 17.4 Å². The summed E-state index contributed by atoms with van der Waals surface area (Å²) in [7, 11) is 0. The number of aliphatic hydroxyl groups excluding tert-OH is 1. The fourth-order valence-electron chi connectivity index (χ4n) is 1.83. The van der Waals surface area contributed by atoms with E-state index in [1.165, 1.54) is 0 Å². The molecule has 0 aliphatic carbocycles. The third-order valence-electron chi connectivity index (χ3n) is 3.00. The van der Waals surface area contributed by atoms with E-state index in [0.29, 0.717) is 17.3 Å². The molecule has 0 amide bonds. The molecular formula is C13H21ClN2O2.